The number of hydrogen-bond donors (Lipinski definition) is 1. The fourth-order valence-electron chi connectivity index (χ4n) is 2.90. The van der Waals surface area contributed by atoms with Crippen molar-refractivity contribution in [3.63, 3.8) is 0 Å². The zero-order chi connectivity index (χ0) is 19.9. The highest BCUT2D eigenvalue weighted by Crippen LogP contribution is 2.09. The zero-order valence-electron chi connectivity index (χ0n) is 15.9. The first-order chi connectivity index (χ1) is 13.6. The second-order valence-corrected chi connectivity index (χ2v) is 6.32. The van der Waals surface area contributed by atoms with Crippen LogP contribution in [0.2, 0.25) is 0 Å². The van der Waals surface area contributed by atoms with E-state index in [1.807, 2.05) is 48.5 Å². The molecule has 0 atom stereocenters. The molecule has 7 nitrogen and oxygen atoms in total. The van der Waals surface area contributed by atoms with Gasteiger partial charge in [0.1, 0.15) is 0 Å². The van der Waals surface area contributed by atoms with Gasteiger partial charge in [0.2, 0.25) is 0 Å². The molecule has 3 aromatic rings. The number of nitrogens with one attached hydrogen (secondary N) is 1. The van der Waals surface area contributed by atoms with Crippen LogP contribution in [-0.4, -0.2) is 33.6 Å². The van der Waals surface area contributed by atoms with Crippen LogP contribution in [0.3, 0.4) is 0 Å². The molecule has 0 saturated carbocycles. The first-order valence-corrected chi connectivity index (χ1v) is 8.92. The summed E-state index contributed by atoms with van der Waals surface area (Å²) in [7, 11) is 1.32. The number of ether oxygens (including phenoxy) is 1. The number of carbonyl (C=O) groups excluding carboxylic acids is 1. The van der Waals surface area contributed by atoms with Crippen molar-refractivity contribution < 1.29 is 9.53 Å². The lowest BCUT2D eigenvalue weighted by molar-refractivity contribution is -0.139. The van der Waals surface area contributed by atoms with E-state index < -0.39 is 5.97 Å². The number of aliphatic imine (C=N–C) groups is 1. The minimum Gasteiger partial charge on any atom is -0.469 e. The normalized spacial score (nSPS) is 11.4. The number of aromatic nitrogens is 3. The van der Waals surface area contributed by atoms with Crippen LogP contribution in [-0.2, 0) is 29.0 Å². The molecular formula is C21H22N4O3. The summed E-state index contributed by atoms with van der Waals surface area (Å²) in [5.41, 5.74) is 3.01. The SMILES string of the molecule is COC(=O)Cc1[nH]n(Cc2ccccc2)c(=O)c1C(C)=NCc1ccccn1. The lowest BCUT2D eigenvalue weighted by Gasteiger charge is -2.02. The maximum Gasteiger partial charge on any atom is 0.311 e. The second kappa shape index (κ2) is 8.94. The summed E-state index contributed by atoms with van der Waals surface area (Å²) in [5.74, 6) is -0.424. The van der Waals surface area contributed by atoms with Crippen LogP contribution in [0.4, 0.5) is 0 Å². The van der Waals surface area contributed by atoms with Gasteiger partial charge in [0.05, 0.1) is 43.6 Å². The van der Waals surface area contributed by atoms with Gasteiger partial charge in [-0.05, 0) is 24.6 Å². The van der Waals surface area contributed by atoms with E-state index in [0.717, 1.165) is 11.3 Å². The van der Waals surface area contributed by atoms with Gasteiger partial charge in [-0.3, -0.25) is 24.7 Å². The quantitative estimate of drug-likeness (QED) is 0.505. The Kier molecular flexibility index (Phi) is 6.16. The van der Waals surface area contributed by atoms with Gasteiger partial charge >= 0.3 is 5.97 Å². The van der Waals surface area contributed by atoms with E-state index in [0.29, 0.717) is 30.1 Å². The van der Waals surface area contributed by atoms with Crippen molar-refractivity contribution in [2.75, 3.05) is 7.11 Å². The Balaban J connectivity index is 1.94. The Bertz CT molecular complexity index is 1020. The molecule has 0 spiro atoms. The number of aromatic amines is 1. The van der Waals surface area contributed by atoms with Crippen molar-refractivity contribution in [2.45, 2.75) is 26.4 Å². The highest BCUT2D eigenvalue weighted by atomic mass is 16.5. The van der Waals surface area contributed by atoms with Gasteiger partial charge in [-0.25, -0.2) is 4.68 Å². The molecule has 2 heterocycles. The Morgan fingerprint density at radius 3 is 2.61 bits per heavy atom. The number of carbonyl (C=O) groups is 1. The van der Waals surface area contributed by atoms with Gasteiger partial charge in [0.15, 0.2) is 0 Å². The summed E-state index contributed by atoms with van der Waals surface area (Å²) >= 11 is 0. The largest absolute Gasteiger partial charge is 0.469 e. The Hall–Kier alpha value is -3.48. The highest BCUT2D eigenvalue weighted by molar-refractivity contribution is 6.00. The van der Waals surface area contributed by atoms with Crippen LogP contribution in [0.15, 0.2) is 64.5 Å². The smallest absolute Gasteiger partial charge is 0.311 e. The van der Waals surface area contributed by atoms with E-state index in [9.17, 15) is 9.59 Å². The number of rotatable bonds is 7. The summed E-state index contributed by atoms with van der Waals surface area (Å²) < 4.78 is 6.25. The monoisotopic (exact) mass is 378 g/mol. The molecule has 2 aromatic heterocycles. The van der Waals surface area contributed by atoms with Gasteiger partial charge < -0.3 is 4.74 Å². The van der Waals surface area contributed by atoms with Crippen molar-refractivity contribution >= 4 is 11.7 Å². The van der Waals surface area contributed by atoms with Crippen LogP contribution >= 0.6 is 0 Å². The van der Waals surface area contributed by atoms with Crippen molar-refractivity contribution in [1.82, 2.24) is 14.8 Å². The standard InChI is InChI=1S/C21H22N4O3/c1-15(23-13-17-10-6-7-11-22-17)20-18(12-19(26)28-2)24-25(21(20)27)14-16-8-4-3-5-9-16/h3-11,24H,12-14H2,1-2H3. The summed E-state index contributed by atoms with van der Waals surface area (Å²) in [4.78, 5) is 33.6. The van der Waals surface area contributed by atoms with Crippen molar-refractivity contribution in [3.8, 4) is 0 Å². The maximum atomic E-state index is 13.0. The Morgan fingerprint density at radius 2 is 1.93 bits per heavy atom. The zero-order valence-corrected chi connectivity index (χ0v) is 15.9. The van der Waals surface area contributed by atoms with E-state index >= 15 is 0 Å². The molecule has 0 radical (unpaired) electrons. The van der Waals surface area contributed by atoms with E-state index in [-0.39, 0.29) is 12.0 Å². The van der Waals surface area contributed by atoms with Gasteiger partial charge in [0.25, 0.3) is 5.56 Å². The van der Waals surface area contributed by atoms with Crippen molar-refractivity contribution in [2.24, 2.45) is 4.99 Å². The van der Waals surface area contributed by atoms with Gasteiger partial charge in [-0.15, -0.1) is 0 Å². The minimum absolute atomic E-state index is 0.0285. The summed E-state index contributed by atoms with van der Waals surface area (Å²) in [6.45, 7) is 2.50. The number of esters is 1. The van der Waals surface area contributed by atoms with E-state index in [2.05, 4.69) is 15.1 Å². The molecule has 28 heavy (non-hydrogen) atoms. The van der Waals surface area contributed by atoms with Crippen LogP contribution < -0.4 is 5.56 Å². The van der Waals surface area contributed by atoms with Crippen LogP contribution in [0.1, 0.15) is 29.4 Å². The Labute approximate surface area is 162 Å². The molecule has 1 N–H and O–H groups in total. The van der Waals surface area contributed by atoms with Gasteiger partial charge in [-0.1, -0.05) is 36.4 Å². The summed E-state index contributed by atoms with van der Waals surface area (Å²) in [6.07, 6.45) is 1.67. The van der Waals surface area contributed by atoms with Crippen LogP contribution in [0, 0.1) is 0 Å². The second-order valence-electron chi connectivity index (χ2n) is 6.32. The molecule has 0 aliphatic carbocycles. The lowest BCUT2D eigenvalue weighted by Crippen LogP contribution is -2.22. The number of hydrogen-bond acceptors (Lipinski definition) is 5. The molecule has 0 bridgehead atoms. The van der Waals surface area contributed by atoms with Crippen molar-refractivity contribution in [1.29, 1.82) is 0 Å². The lowest BCUT2D eigenvalue weighted by atomic mass is 10.1. The first-order valence-electron chi connectivity index (χ1n) is 8.92. The minimum atomic E-state index is -0.424. The summed E-state index contributed by atoms with van der Waals surface area (Å²) in [5, 5.41) is 3.05. The van der Waals surface area contributed by atoms with Gasteiger partial charge in [-0.2, -0.15) is 0 Å². The molecule has 0 unspecified atom stereocenters. The average Bonchev–Trinajstić information content (AvgIpc) is 3.02. The fourth-order valence-corrected chi connectivity index (χ4v) is 2.90. The number of benzene rings is 1. The molecule has 0 saturated heterocycles. The molecule has 1 aromatic carbocycles. The van der Waals surface area contributed by atoms with E-state index in [4.69, 9.17) is 4.74 Å². The molecule has 0 fully saturated rings. The van der Waals surface area contributed by atoms with Crippen LogP contribution in [0.5, 0.6) is 0 Å². The Morgan fingerprint density at radius 1 is 1.18 bits per heavy atom. The van der Waals surface area contributed by atoms with Crippen molar-refractivity contribution in [3.05, 3.63) is 87.6 Å². The number of H-pyrrole nitrogens is 1. The van der Waals surface area contributed by atoms with E-state index in [1.54, 1.807) is 13.1 Å². The molecule has 0 aliphatic heterocycles. The topological polar surface area (TPSA) is 89.3 Å². The maximum absolute atomic E-state index is 13.0. The van der Waals surface area contributed by atoms with Crippen LogP contribution in [0.25, 0.3) is 0 Å². The highest BCUT2D eigenvalue weighted by Gasteiger charge is 2.19. The first kappa shape index (κ1) is 19.3. The third-order valence-corrected chi connectivity index (χ3v) is 4.33. The molecule has 0 amide bonds. The predicted molar refractivity (Wildman–Crippen MR) is 106 cm³/mol. The number of methoxy groups -OCH3 is 1. The molecule has 0 aliphatic rings. The predicted octanol–water partition coefficient (Wildman–Crippen LogP) is 2.34. The van der Waals surface area contributed by atoms with E-state index in [1.165, 1.54) is 11.8 Å². The average molecular weight is 378 g/mol. The summed E-state index contributed by atoms with van der Waals surface area (Å²) in [6, 6.07) is 15.2. The third kappa shape index (κ3) is 4.62. The van der Waals surface area contributed by atoms with Gasteiger partial charge in [0, 0.05) is 11.9 Å². The molecule has 7 heteroatoms. The molecular weight excluding hydrogens is 356 g/mol. The number of pyridine rings is 1. The third-order valence-electron chi connectivity index (χ3n) is 4.33. The molecule has 3 rings (SSSR count). The fraction of sp³-hybridized carbons (Fsp3) is 0.238. The molecule has 144 valence electrons. The number of nitrogens with zero attached hydrogens (tertiary/aromatic N) is 3.